The van der Waals surface area contributed by atoms with E-state index in [1.165, 1.54) is 6.92 Å². The largest absolute Gasteiger partial charge is 0.462 e. The first-order valence-electron chi connectivity index (χ1n) is 8.59. The van der Waals surface area contributed by atoms with Crippen molar-refractivity contribution in [2.75, 3.05) is 6.61 Å². The van der Waals surface area contributed by atoms with Crippen molar-refractivity contribution >= 4 is 29.3 Å². The van der Waals surface area contributed by atoms with Gasteiger partial charge in [-0.3, -0.25) is 9.59 Å². The molecular weight excluding hydrogens is 370 g/mol. The van der Waals surface area contributed by atoms with Gasteiger partial charge in [-0.2, -0.15) is 0 Å². The maximum Gasteiger partial charge on any atom is 0.340 e. The molecule has 0 saturated carbocycles. The standard InChI is InChI=1S/C20H22ClNO5/c1-5-26-20(25)17-11(2)18(22-12(17)3)19(24)13(4)27-16(23)10-14-8-6-7-9-15(14)21/h6-9,13,22H,5,10H2,1-4H3. The lowest BCUT2D eigenvalue weighted by molar-refractivity contribution is -0.145. The van der Waals surface area contributed by atoms with Crippen LogP contribution in [0, 0.1) is 13.8 Å². The number of esters is 2. The number of ether oxygens (including phenoxy) is 2. The summed E-state index contributed by atoms with van der Waals surface area (Å²) in [6.07, 6.45) is -1.04. The Kier molecular flexibility index (Phi) is 6.80. The van der Waals surface area contributed by atoms with E-state index < -0.39 is 23.8 Å². The Morgan fingerprint density at radius 1 is 1.19 bits per heavy atom. The fraction of sp³-hybridized carbons (Fsp3) is 0.350. The van der Waals surface area contributed by atoms with E-state index in [1.807, 2.05) is 0 Å². The second-order valence-electron chi connectivity index (χ2n) is 6.11. The van der Waals surface area contributed by atoms with Crippen LogP contribution in [0.3, 0.4) is 0 Å². The molecule has 1 aromatic heterocycles. The number of benzene rings is 1. The summed E-state index contributed by atoms with van der Waals surface area (Å²) in [5.74, 6) is -1.47. The molecule has 0 amide bonds. The average molecular weight is 392 g/mol. The van der Waals surface area contributed by atoms with Crippen LogP contribution in [0.1, 0.15) is 51.5 Å². The van der Waals surface area contributed by atoms with E-state index in [0.29, 0.717) is 27.4 Å². The van der Waals surface area contributed by atoms with Gasteiger partial charge in [0.05, 0.1) is 24.3 Å². The molecule has 1 N–H and O–H groups in total. The Morgan fingerprint density at radius 2 is 1.85 bits per heavy atom. The molecular formula is C20H22ClNO5. The molecule has 0 radical (unpaired) electrons. The highest BCUT2D eigenvalue weighted by Gasteiger charge is 2.27. The molecule has 144 valence electrons. The van der Waals surface area contributed by atoms with Crippen LogP contribution >= 0.6 is 11.6 Å². The molecule has 0 spiro atoms. The molecule has 2 aromatic rings. The van der Waals surface area contributed by atoms with E-state index >= 15 is 0 Å². The maximum absolute atomic E-state index is 12.7. The van der Waals surface area contributed by atoms with Crippen LogP contribution in [0.15, 0.2) is 24.3 Å². The smallest absolute Gasteiger partial charge is 0.340 e. The molecule has 1 atom stereocenters. The van der Waals surface area contributed by atoms with E-state index in [0.717, 1.165) is 0 Å². The molecule has 7 heteroatoms. The molecule has 1 unspecified atom stereocenters. The van der Waals surface area contributed by atoms with Crippen molar-refractivity contribution in [3.63, 3.8) is 0 Å². The Morgan fingerprint density at radius 3 is 2.48 bits per heavy atom. The van der Waals surface area contributed by atoms with Gasteiger partial charge in [-0.15, -0.1) is 0 Å². The number of halogens is 1. The van der Waals surface area contributed by atoms with Crippen molar-refractivity contribution in [3.05, 3.63) is 57.4 Å². The van der Waals surface area contributed by atoms with Crippen molar-refractivity contribution in [1.82, 2.24) is 4.98 Å². The van der Waals surface area contributed by atoms with Crippen LogP contribution in [0.2, 0.25) is 5.02 Å². The van der Waals surface area contributed by atoms with Crippen molar-refractivity contribution in [1.29, 1.82) is 0 Å². The number of aromatic nitrogens is 1. The minimum Gasteiger partial charge on any atom is -0.462 e. The first-order chi connectivity index (χ1) is 12.8. The fourth-order valence-electron chi connectivity index (χ4n) is 2.80. The summed E-state index contributed by atoms with van der Waals surface area (Å²) < 4.78 is 10.3. The zero-order valence-electron chi connectivity index (χ0n) is 15.7. The minimum absolute atomic E-state index is 0.0336. The number of carbonyl (C=O) groups excluding carboxylic acids is 3. The number of aryl methyl sites for hydroxylation is 1. The number of aromatic amines is 1. The molecule has 0 aliphatic heterocycles. The summed E-state index contributed by atoms with van der Waals surface area (Å²) >= 11 is 6.04. The van der Waals surface area contributed by atoms with Gasteiger partial charge in [0.2, 0.25) is 5.78 Å². The maximum atomic E-state index is 12.7. The van der Waals surface area contributed by atoms with Crippen LogP contribution in [-0.4, -0.2) is 35.4 Å². The first kappa shape index (κ1) is 20.7. The van der Waals surface area contributed by atoms with Gasteiger partial charge in [0.1, 0.15) is 0 Å². The van der Waals surface area contributed by atoms with Crippen LogP contribution in [0.25, 0.3) is 0 Å². The monoisotopic (exact) mass is 391 g/mol. The zero-order chi connectivity index (χ0) is 20.1. The van der Waals surface area contributed by atoms with Gasteiger partial charge >= 0.3 is 11.9 Å². The molecule has 1 heterocycles. The fourth-order valence-corrected chi connectivity index (χ4v) is 3.00. The van der Waals surface area contributed by atoms with Gasteiger partial charge in [0.25, 0.3) is 0 Å². The summed E-state index contributed by atoms with van der Waals surface area (Å²) in [4.78, 5) is 39.8. The van der Waals surface area contributed by atoms with Gasteiger partial charge < -0.3 is 14.5 Å². The number of hydrogen-bond acceptors (Lipinski definition) is 5. The number of rotatable bonds is 7. The molecule has 1 aromatic carbocycles. The second-order valence-corrected chi connectivity index (χ2v) is 6.52. The van der Waals surface area contributed by atoms with Crippen molar-refractivity contribution < 1.29 is 23.9 Å². The Hall–Kier alpha value is -2.60. The molecule has 27 heavy (non-hydrogen) atoms. The van der Waals surface area contributed by atoms with Gasteiger partial charge in [-0.1, -0.05) is 29.8 Å². The molecule has 6 nitrogen and oxygen atoms in total. The summed E-state index contributed by atoms with van der Waals surface area (Å²) in [7, 11) is 0. The third-order valence-corrected chi connectivity index (χ3v) is 4.50. The van der Waals surface area contributed by atoms with E-state index in [4.69, 9.17) is 21.1 Å². The zero-order valence-corrected chi connectivity index (χ0v) is 16.5. The predicted octanol–water partition coefficient (Wildman–Crippen LogP) is 3.82. The van der Waals surface area contributed by atoms with Crippen LogP contribution in [-0.2, 0) is 20.7 Å². The van der Waals surface area contributed by atoms with E-state index in [-0.39, 0.29) is 18.7 Å². The highest BCUT2D eigenvalue weighted by Crippen LogP contribution is 2.21. The van der Waals surface area contributed by atoms with E-state index in [2.05, 4.69) is 4.98 Å². The third-order valence-electron chi connectivity index (χ3n) is 4.13. The van der Waals surface area contributed by atoms with Gasteiger partial charge in [0.15, 0.2) is 6.10 Å². The highest BCUT2D eigenvalue weighted by molar-refractivity contribution is 6.31. The van der Waals surface area contributed by atoms with Crippen molar-refractivity contribution in [3.8, 4) is 0 Å². The van der Waals surface area contributed by atoms with Crippen molar-refractivity contribution in [2.45, 2.75) is 40.2 Å². The predicted molar refractivity (Wildman–Crippen MR) is 101 cm³/mol. The summed E-state index contributed by atoms with van der Waals surface area (Å²) in [5, 5.41) is 0.461. The minimum atomic E-state index is -1.01. The Bertz CT molecular complexity index is 871. The molecule has 2 rings (SSSR count). The topological polar surface area (TPSA) is 85.5 Å². The second kappa shape index (κ2) is 8.86. The first-order valence-corrected chi connectivity index (χ1v) is 8.97. The Balaban J connectivity index is 2.11. The molecule has 0 fully saturated rings. The lowest BCUT2D eigenvalue weighted by Gasteiger charge is -2.12. The van der Waals surface area contributed by atoms with Gasteiger partial charge in [0, 0.05) is 10.7 Å². The lowest BCUT2D eigenvalue weighted by Crippen LogP contribution is -2.26. The Labute approximate surface area is 162 Å². The third kappa shape index (κ3) is 4.77. The molecule has 0 bridgehead atoms. The van der Waals surface area contributed by atoms with Gasteiger partial charge in [-0.05, 0) is 44.9 Å². The number of ketones is 1. The highest BCUT2D eigenvalue weighted by atomic mass is 35.5. The van der Waals surface area contributed by atoms with Crippen LogP contribution in [0.4, 0.5) is 0 Å². The summed E-state index contributed by atoms with van der Waals surface area (Å²) in [6.45, 7) is 6.78. The quantitative estimate of drug-likeness (QED) is 0.572. The molecule has 0 saturated heterocycles. The van der Waals surface area contributed by atoms with Crippen LogP contribution < -0.4 is 0 Å². The number of carbonyl (C=O) groups is 3. The number of hydrogen-bond donors (Lipinski definition) is 1. The SMILES string of the molecule is CCOC(=O)c1c(C)[nH]c(C(=O)C(C)OC(=O)Cc2ccccc2Cl)c1C. The normalized spacial score (nSPS) is 11.7. The average Bonchev–Trinajstić information content (AvgIpc) is 2.90. The number of nitrogens with one attached hydrogen (secondary N) is 1. The van der Waals surface area contributed by atoms with Gasteiger partial charge in [-0.25, -0.2) is 4.79 Å². The van der Waals surface area contributed by atoms with Crippen molar-refractivity contribution in [2.24, 2.45) is 0 Å². The lowest BCUT2D eigenvalue weighted by atomic mass is 10.1. The summed E-state index contributed by atoms with van der Waals surface area (Å²) in [5.41, 5.74) is 2.19. The van der Waals surface area contributed by atoms with E-state index in [9.17, 15) is 14.4 Å². The summed E-state index contributed by atoms with van der Waals surface area (Å²) in [6, 6.07) is 6.94. The van der Waals surface area contributed by atoms with Crippen LogP contribution in [0.5, 0.6) is 0 Å². The molecule has 0 aliphatic rings. The van der Waals surface area contributed by atoms with E-state index in [1.54, 1.807) is 45.0 Å². The number of Topliss-reactive ketones (excluding diaryl/α,β-unsaturated/α-hetero) is 1. The number of H-pyrrole nitrogens is 1. The molecule has 0 aliphatic carbocycles.